The molecule has 0 aliphatic heterocycles. The molecule has 0 spiro atoms. The summed E-state index contributed by atoms with van der Waals surface area (Å²) in [7, 11) is 5.64. The van der Waals surface area contributed by atoms with Crippen LogP contribution in [0.2, 0.25) is 0 Å². The number of anilines is 2. The molecule has 2 aromatic carbocycles. The molecule has 1 heterocycles. The molecule has 3 aromatic rings. The van der Waals surface area contributed by atoms with Crippen molar-refractivity contribution in [3.8, 4) is 17.1 Å². The second kappa shape index (κ2) is 9.23. The minimum Gasteiger partial charge on any atom is -0.497 e. The van der Waals surface area contributed by atoms with Gasteiger partial charge in [-0.25, -0.2) is 0 Å². The number of rotatable bonds is 8. The van der Waals surface area contributed by atoms with Gasteiger partial charge in [0.05, 0.1) is 7.11 Å². The predicted octanol–water partition coefficient (Wildman–Crippen LogP) is 4.07. The molecule has 7 heteroatoms. The quantitative estimate of drug-likeness (QED) is 0.622. The van der Waals surface area contributed by atoms with Crippen LogP contribution in [-0.4, -0.2) is 41.9 Å². The van der Waals surface area contributed by atoms with E-state index in [0.717, 1.165) is 29.0 Å². The predicted molar refractivity (Wildman–Crippen MR) is 116 cm³/mol. The molecular weight excluding hydrogens is 366 g/mol. The van der Waals surface area contributed by atoms with Gasteiger partial charge in [0.2, 0.25) is 11.9 Å². The lowest BCUT2D eigenvalue weighted by molar-refractivity contribution is 0.0888. The van der Waals surface area contributed by atoms with E-state index in [1.807, 2.05) is 45.3 Å². The van der Waals surface area contributed by atoms with Crippen molar-refractivity contribution in [3.63, 3.8) is 0 Å². The van der Waals surface area contributed by atoms with Crippen LogP contribution in [-0.2, 0) is 6.54 Å². The Hall–Kier alpha value is -3.35. The van der Waals surface area contributed by atoms with Crippen LogP contribution in [0.5, 0.6) is 5.75 Å². The lowest BCUT2D eigenvalue weighted by Gasteiger charge is -2.13. The Morgan fingerprint density at radius 2 is 1.79 bits per heavy atom. The number of nitrogens with one attached hydrogen (secondary N) is 1. The number of methoxy groups -OCH3 is 1. The fourth-order valence-electron chi connectivity index (χ4n) is 2.88. The molecule has 1 aromatic heterocycles. The Bertz CT molecular complexity index is 946. The van der Waals surface area contributed by atoms with Crippen LogP contribution >= 0.6 is 0 Å². The molecule has 0 fully saturated rings. The zero-order valence-electron chi connectivity index (χ0n) is 17.3. The highest BCUT2D eigenvalue weighted by molar-refractivity contribution is 5.81. The monoisotopic (exact) mass is 393 g/mol. The molecule has 0 saturated carbocycles. The molecule has 0 atom stereocenters. The maximum atomic E-state index is 12.5. The third-order valence-electron chi connectivity index (χ3n) is 4.56. The second-order valence-corrected chi connectivity index (χ2v) is 6.96. The Balaban J connectivity index is 1.83. The molecule has 152 valence electrons. The van der Waals surface area contributed by atoms with Gasteiger partial charge in [-0.05, 0) is 48.4 Å². The molecule has 0 radical (unpaired) electrons. The van der Waals surface area contributed by atoms with E-state index in [2.05, 4.69) is 44.6 Å². The Labute approximate surface area is 171 Å². The molecule has 1 N–H and O–H groups in total. The average molecular weight is 393 g/mol. The van der Waals surface area contributed by atoms with Crippen LogP contribution in [0.15, 0.2) is 48.5 Å². The first-order valence-corrected chi connectivity index (χ1v) is 9.66. The van der Waals surface area contributed by atoms with Gasteiger partial charge in [-0.3, -0.25) is 4.79 Å². The van der Waals surface area contributed by atoms with E-state index in [1.54, 1.807) is 7.11 Å². The minimum atomic E-state index is -0.0785. The van der Waals surface area contributed by atoms with Crippen LogP contribution < -0.4 is 15.0 Å². The summed E-state index contributed by atoms with van der Waals surface area (Å²) >= 11 is 0. The first-order valence-electron chi connectivity index (χ1n) is 9.66. The van der Waals surface area contributed by atoms with Crippen molar-refractivity contribution in [1.82, 2.24) is 14.8 Å². The molecule has 0 aliphatic rings. The standard InChI is InChI=1S/C22H27N5O2/c1-5-6-20(28)27-22(23-15-16-7-11-18(12-8-16)26(2)3)24-21(25-27)17-9-13-19(29-4)14-10-17/h7-14H,5-6,15H2,1-4H3,(H,23,24,25). The summed E-state index contributed by atoms with van der Waals surface area (Å²) in [6.45, 7) is 2.52. The van der Waals surface area contributed by atoms with Gasteiger partial charge in [-0.2, -0.15) is 9.67 Å². The Morgan fingerprint density at radius 3 is 2.38 bits per heavy atom. The van der Waals surface area contributed by atoms with Crippen LogP contribution in [0.4, 0.5) is 11.6 Å². The number of carbonyl (C=O) groups excluding carboxylic acids is 1. The summed E-state index contributed by atoms with van der Waals surface area (Å²) < 4.78 is 6.57. The lowest BCUT2D eigenvalue weighted by Crippen LogP contribution is -2.16. The van der Waals surface area contributed by atoms with Gasteiger partial charge in [0.1, 0.15) is 5.75 Å². The number of carbonyl (C=O) groups is 1. The van der Waals surface area contributed by atoms with Crippen molar-refractivity contribution in [2.45, 2.75) is 26.3 Å². The summed E-state index contributed by atoms with van der Waals surface area (Å²) in [5.74, 6) is 1.63. The zero-order chi connectivity index (χ0) is 20.8. The molecule has 0 bridgehead atoms. The van der Waals surface area contributed by atoms with E-state index in [4.69, 9.17) is 4.74 Å². The number of nitrogens with zero attached hydrogens (tertiary/aromatic N) is 4. The van der Waals surface area contributed by atoms with Gasteiger partial charge < -0.3 is 15.0 Å². The topological polar surface area (TPSA) is 72.3 Å². The highest BCUT2D eigenvalue weighted by atomic mass is 16.5. The number of aromatic nitrogens is 3. The molecular formula is C22H27N5O2. The van der Waals surface area contributed by atoms with E-state index in [1.165, 1.54) is 4.68 Å². The SMILES string of the molecule is CCCC(=O)n1nc(-c2ccc(OC)cc2)nc1NCc1ccc(N(C)C)cc1. The van der Waals surface area contributed by atoms with Crippen molar-refractivity contribution < 1.29 is 9.53 Å². The third kappa shape index (κ3) is 4.93. The van der Waals surface area contributed by atoms with Crippen LogP contribution in [0.3, 0.4) is 0 Å². The van der Waals surface area contributed by atoms with E-state index in [-0.39, 0.29) is 5.91 Å². The second-order valence-electron chi connectivity index (χ2n) is 6.96. The first-order chi connectivity index (χ1) is 14.0. The summed E-state index contributed by atoms with van der Waals surface area (Å²) in [5, 5.41) is 7.71. The van der Waals surface area contributed by atoms with Crippen molar-refractivity contribution >= 4 is 17.5 Å². The average Bonchev–Trinajstić information content (AvgIpc) is 3.17. The maximum Gasteiger partial charge on any atom is 0.250 e. The van der Waals surface area contributed by atoms with Crippen molar-refractivity contribution in [1.29, 1.82) is 0 Å². The van der Waals surface area contributed by atoms with Crippen molar-refractivity contribution in [3.05, 3.63) is 54.1 Å². The zero-order valence-corrected chi connectivity index (χ0v) is 17.3. The highest BCUT2D eigenvalue weighted by Gasteiger charge is 2.16. The molecule has 29 heavy (non-hydrogen) atoms. The summed E-state index contributed by atoms with van der Waals surface area (Å²) in [6, 6.07) is 15.7. The maximum absolute atomic E-state index is 12.5. The highest BCUT2D eigenvalue weighted by Crippen LogP contribution is 2.22. The van der Waals surface area contributed by atoms with E-state index >= 15 is 0 Å². The Morgan fingerprint density at radius 1 is 1.10 bits per heavy atom. The lowest BCUT2D eigenvalue weighted by atomic mass is 10.2. The van der Waals surface area contributed by atoms with Crippen LogP contribution in [0.25, 0.3) is 11.4 Å². The molecule has 0 aliphatic carbocycles. The van der Waals surface area contributed by atoms with Gasteiger partial charge in [0.15, 0.2) is 5.82 Å². The number of hydrogen-bond acceptors (Lipinski definition) is 6. The van der Waals surface area contributed by atoms with Crippen LogP contribution in [0, 0.1) is 0 Å². The first kappa shape index (κ1) is 20.4. The van der Waals surface area contributed by atoms with Gasteiger partial charge in [0.25, 0.3) is 0 Å². The number of hydrogen-bond donors (Lipinski definition) is 1. The number of ether oxygens (including phenoxy) is 1. The van der Waals surface area contributed by atoms with Crippen LogP contribution in [0.1, 0.15) is 30.1 Å². The largest absolute Gasteiger partial charge is 0.497 e. The fraction of sp³-hybridized carbons (Fsp3) is 0.318. The summed E-state index contributed by atoms with van der Waals surface area (Å²) in [5.41, 5.74) is 3.06. The molecule has 7 nitrogen and oxygen atoms in total. The molecule has 3 rings (SSSR count). The minimum absolute atomic E-state index is 0.0785. The Kier molecular flexibility index (Phi) is 6.49. The van der Waals surface area contributed by atoms with Gasteiger partial charge in [-0.1, -0.05) is 19.1 Å². The van der Waals surface area contributed by atoms with Gasteiger partial charge >= 0.3 is 0 Å². The fourth-order valence-corrected chi connectivity index (χ4v) is 2.88. The normalized spacial score (nSPS) is 10.6. The third-order valence-corrected chi connectivity index (χ3v) is 4.56. The van der Waals surface area contributed by atoms with Crippen molar-refractivity contribution in [2.75, 3.05) is 31.4 Å². The molecule has 0 unspecified atom stereocenters. The van der Waals surface area contributed by atoms with E-state index < -0.39 is 0 Å². The van der Waals surface area contributed by atoms with Crippen molar-refractivity contribution in [2.24, 2.45) is 0 Å². The molecule has 0 saturated heterocycles. The number of benzene rings is 2. The summed E-state index contributed by atoms with van der Waals surface area (Å²) in [4.78, 5) is 19.2. The molecule has 0 amide bonds. The van der Waals surface area contributed by atoms with Gasteiger partial charge in [0, 0.05) is 38.3 Å². The van der Waals surface area contributed by atoms with E-state index in [0.29, 0.717) is 24.7 Å². The van der Waals surface area contributed by atoms with Gasteiger partial charge in [-0.15, -0.1) is 5.10 Å². The van der Waals surface area contributed by atoms with E-state index in [9.17, 15) is 4.79 Å². The summed E-state index contributed by atoms with van der Waals surface area (Å²) in [6.07, 6.45) is 1.17. The smallest absolute Gasteiger partial charge is 0.250 e.